The molecule has 3 amide bonds. The lowest BCUT2D eigenvalue weighted by atomic mass is 9.85. The summed E-state index contributed by atoms with van der Waals surface area (Å²) in [6, 6.07) is 10.0. The number of likely N-dealkylation sites (tertiary alicyclic amines) is 1. The van der Waals surface area contributed by atoms with Crippen LogP contribution in [0.3, 0.4) is 0 Å². The molecule has 4 rings (SSSR count). The van der Waals surface area contributed by atoms with Gasteiger partial charge in [0.05, 0.1) is 7.11 Å². The van der Waals surface area contributed by atoms with Gasteiger partial charge in [-0.1, -0.05) is 12.1 Å². The number of piperidine rings is 1. The van der Waals surface area contributed by atoms with E-state index >= 15 is 0 Å². The molecule has 3 heterocycles. The van der Waals surface area contributed by atoms with Crippen molar-refractivity contribution in [2.24, 2.45) is 0 Å². The van der Waals surface area contributed by atoms with Gasteiger partial charge in [-0.05, 0) is 56.4 Å². The number of ether oxygens (including phenoxy) is 1. The van der Waals surface area contributed by atoms with E-state index in [0.29, 0.717) is 31.8 Å². The van der Waals surface area contributed by atoms with Crippen molar-refractivity contribution in [3.05, 3.63) is 48.3 Å². The van der Waals surface area contributed by atoms with Crippen molar-refractivity contribution >= 4 is 11.9 Å². The first-order valence-electron chi connectivity index (χ1n) is 11.4. The van der Waals surface area contributed by atoms with Crippen LogP contribution in [0.4, 0.5) is 4.79 Å². The predicted octanol–water partition coefficient (Wildman–Crippen LogP) is 2.64. The van der Waals surface area contributed by atoms with Gasteiger partial charge >= 0.3 is 6.03 Å². The fourth-order valence-electron chi connectivity index (χ4n) is 4.97. The molecule has 1 spiro atoms. The molecule has 0 radical (unpaired) electrons. The maximum atomic E-state index is 13.2. The minimum absolute atomic E-state index is 0.0546. The number of carbonyl (C=O) groups excluding carboxylic acids is 2. The summed E-state index contributed by atoms with van der Waals surface area (Å²) < 4.78 is 7.18. The number of hydrogen-bond acceptors (Lipinski definition) is 5. The summed E-state index contributed by atoms with van der Waals surface area (Å²) in [7, 11) is 3.26. The van der Waals surface area contributed by atoms with Gasteiger partial charge in [0.25, 0.3) is 5.91 Å². The monoisotopic (exact) mass is 439 g/mol. The lowest BCUT2D eigenvalue weighted by Gasteiger charge is -2.44. The standard InChI is InChI=1S/C24H33N5O3/c1-19(9-15-28-14-4-13-25-28)27-17-11-24(12-18-27)22(30)26(2)23(31)29(24)16-10-20-5-7-21(32-3)8-6-20/h4-8,13-14,19H,9-12,15-18H2,1-3H3. The third-order valence-electron chi connectivity index (χ3n) is 7.10. The number of carbonyl (C=O) groups is 2. The molecule has 0 bridgehead atoms. The fraction of sp³-hybridized carbons (Fsp3) is 0.542. The van der Waals surface area contributed by atoms with E-state index in [4.69, 9.17) is 4.74 Å². The fourth-order valence-corrected chi connectivity index (χ4v) is 4.97. The van der Waals surface area contributed by atoms with Crippen molar-refractivity contribution in [1.82, 2.24) is 24.5 Å². The van der Waals surface area contributed by atoms with E-state index in [1.807, 2.05) is 46.1 Å². The van der Waals surface area contributed by atoms with Gasteiger partial charge < -0.3 is 14.5 Å². The largest absolute Gasteiger partial charge is 0.497 e. The Kier molecular flexibility index (Phi) is 6.50. The zero-order valence-electron chi connectivity index (χ0n) is 19.2. The average Bonchev–Trinajstić information content (AvgIpc) is 3.40. The number of methoxy groups -OCH3 is 1. The van der Waals surface area contributed by atoms with Crippen molar-refractivity contribution in [3.63, 3.8) is 0 Å². The highest BCUT2D eigenvalue weighted by Gasteiger charge is 2.56. The quantitative estimate of drug-likeness (QED) is 0.592. The highest BCUT2D eigenvalue weighted by Crippen LogP contribution is 2.37. The normalized spacial score (nSPS) is 19.7. The Balaban J connectivity index is 1.39. The third kappa shape index (κ3) is 4.24. The van der Waals surface area contributed by atoms with E-state index in [0.717, 1.165) is 37.4 Å². The van der Waals surface area contributed by atoms with Crippen molar-refractivity contribution in [1.29, 1.82) is 0 Å². The van der Waals surface area contributed by atoms with Crippen LogP contribution in [0.1, 0.15) is 31.7 Å². The Morgan fingerprint density at radius 1 is 1.12 bits per heavy atom. The van der Waals surface area contributed by atoms with E-state index < -0.39 is 5.54 Å². The molecule has 2 saturated heterocycles. The molecule has 2 aromatic rings. The van der Waals surface area contributed by atoms with Crippen molar-refractivity contribution < 1.29 is 14.3 Å². The molecule has 0 aliphatic carbocycles. The molecule has 172 valence electrons. The maximum absolute atomic E-state index is 13.2. The Bertz CT molecular complexity index is 920. The van der Waals surface area contributed by atoms with E-state index in [9.17, 15) is 9.59 Å². The second kappa shape index (κ2) is 9.32. The van der Waals surface area contributed by atoms with Crippen molar-refractivity contribution in [3.8, 4) is 5.75 Å². The third-order valence-corrected chi connectivity index (χ3v) is 7.10. The Morgan fingerprint density at radius 3 is 2.47 bits per heavy atom. The van der Waals surface area contributed by atoms with Crippen LogP contribution in [0.2, 0.25) is 0 Å². The van der Waals surface area contributed by atoms with Gasteiger partial charge in [0.2, 0.25) is 0 Å². The van der Waals surface area contributed by atoms with Crippen LogP contribution in [0.15, 0.2) is 42.7 Å². The molecule has 8 nitrogen and oxygen atoms in total. The maximum Gasteiger partial charge on any atom is 0.327 e. The summed E-state index contributed by atoms with van der Waals surface area (Å²) in [5.41, 5.74) is 0.414. The molecular formula is C24H33N5O3. The van der Waals surface area contributed by atoms with Crippen molar-refractivity contribution in [2.45, 2.75) is 50.7 Å². The molecular weight excluding hydrogens is 406 g/mol. The summed E-state index contributed by atoms with van der Waals surface area (Å²) in [6.45, 7) is 5.27. The smallest absolute Gasteiger partial charge is 0.327 e. The van der Waals surface area contributed by atoms with E-state index in [1.54, 1.807) is 20.4 Å². The molecule has 2 aliphatic rings. The predicted molar refractivity (Wildman–Crippen MR) is 121 cm³/mol. The Hall–Kier alpha value is -2.87. The van der Waals surface area contributed by atoms with E-state index in [2.05, 4.69) is 16.9 Å². The molecule has 2 fully saturated rings. The summed E-state index contributed by atoms with van der Waals surface area (Å²) in [4.78, 5) is 31.7. The molecule has 1 aromatic carbocycles. The summed E-state index contributed by atoms with van der Waals surface area (Å²) >= 11 is 0. The average molecular weight is 440 g/mol. The molecule has 8 heteroatoms. The molecule has 1 atom stereocenters. The minimum atomic E-state index is -0.712. The van der Waals surface area contributed by atoms with Crippen LogP contribution in [0.5, 0.6) is 5.75 Å². The summed E-state index contributed by atoms with van der Waals surface area (Å²) in [5.74, 6) is 0.757. The zero-order chi connectivity index (χ0) is 22.7. The topological polar surface area (TPSA) is 70.9 Å². The number of imide groups is 1. The van der Waals surface area contributed by atoms with Crippen LogP contribution >= 0.6 is 0 Å². The molecule has 1 unspecified atom stereocenters. The number of rotatable bonds is 8. The SMILES string of the molecule is COc1ccc(CCN2C(=O)N(C)C(=O)C23CCN(C(C)CCn2cccn2)CC3)cc1. The molecule has 0 saturated carbocycles. The number of nitrogens with zero attached hydrogens (tertiary/aromatic N) is 5. The lowest BCUT2D eigenvalue weighted by Crippen LogP contribution is -2.58. The van der Waals surface area contributed by atoms with Crippen LogP contribution < -0.4 is 4.74 Å². The highest BCUT2D eigenvalue weighted by atomic mass is 16.5. The molecule has 1 aromatic heterocycles. The first-order chi connectivity index (χ1) is 15.4. The zero-order valence-corrected chi connectivity index (χ0v) is 19.2. The number of urea groups is 1. The van der Waals surface area contributed by atoms with Crippen LogP contribution in [-0.2, 0) is 17.8 Å². The number of amides is 3. The second-order valence-electron chi connectivity index (χ2n) is 8.87. The minimum Gasteiger partial charge on any atom is -0.497 e. The van der Waals surface area contributed by atoms with Crippen LogP contribution in [-0.4, -0.2) is 81.8 Å². The van der Waals surface area contributed by atoms with Crippen LogP contribution in [0, 0.1) is 0 Å². The van der Waals surface area contributed by atoms with Gasteiger partial charge in [-0.2, -0.15) is 5.10 Å². The van der Waals surface area contributed by atoms with E-state index in [1.165, 1.54) is 4.90 Å². The number of hydrogen-bond donors (Lipinski definition) is 0. The first kappa shape index (κ1) is 22.3. The van der Waals surface area contributed by atoms with Crippen molar-refractivity contribution in [2.75, 3.05) is 33.8 Å². The summed E-state index contributed by atoms with van der Waals surface area (Å²) in [6.07, 6.45) is 6.85. The summed E-state index contributed by atoms with van der Waals surface area (Å²) in [5, 5.41) is 4.28. The number of aryl methyl sites for hydroxylation is 1. The Labute approximate surface area is 189 Å². The first-order valence-corrected chi connectivity index (χ1v) is 11.4. The van der Waals surface area contributed by atoms with Gasteiger partial charge in [-0.25, -0.2) is 4.79 Å². The Morgan fingerprint density at radius 2 is 1.84 bits per heavy atom. The second-order valence-corrected chi connectivity index (χ2v) is 8.87. The van der Waals surface area contributed by atoms with Gasteiger partial charge in [0.1, 0.15) is 11.3 Å². The number of likely N-dealkylation sites (N-methyl/N-ethyl adjacent to an activating group) is 1. The molecule has 2 aliphatic heterocycles. The lowest BCUT2D eigenvalue weighted by molar-refractivity contribution is -0.135. The van der Waals surface area contributed by atoms with E-state index in [-0.39, 0.29) is 11.9 Å². The molecule has 0 N–H and O–H groups in total. The highest BCUT2D eigenvalue weighted by molar-refractivity contribution is 6.06. The van der Waals surface area contributed by atoms with Gasteiger partial charge in [0.15, 0.2) is 0 Å². The molecule has 32 heavy (non-hydrogen) atoms. The van der Waals surface area contributed by atoms with Gasteiger partial charge in [0, 0.05) is 51.7 Å². The number of benzene rings is 1. The van der Waals surface area contributed by atoms with Gasteiger partial charge in [-0.3, -0.25) is 14.4 Å². The van der Waals surface area contributed by atoms with Gasteiger partial charge in [-0.15, -0.1) is 0 Å². The number of aromatic nitrogens is 2. The van der Waals surface area contributed by atoms with Crippen LogP contribution in [0.25, 0.3) is 0 Å².